The fourth-order valence-corrected chi connectivity index (χ4v) is 2.01. The molecule has 6 heteroatoms. The average molecular weight is 291 g/mol. The number of hydrogen-bond acceptors (Lipinski definition) is 4. The zero-order chi connectivity index (χ0) is 15.2. The molecule has 2 rings (SSSR count). The normalized spacial score (nSPS) is 10.9. The maximum atomic E-state index is 12.8. The van der Waals surface area contributed by atoms with E-state index >= 15 is 0 Å². The van der Waals surface area contributed by atoms with Crippen molar-refractivity contribution < 1.29 is 13.7 Å². The molecule has 5 nitrogen and oxygen atoms in total. The largest absolute Gasteiger partial charge is 0.347 e. The second-order valence-corrected chi connectivity index (χ2v) is 4.75. The van der Waals surface area contributed by atoms with Crippen molar-refractivity contribution in [3.63, 3.8) is 0 Å². The lowest BCUT2D eigenvalue weighted by Crippen LogP contribution is -2.29. The summed E-state index contributed by atoms with van der Waals surface area (Å²) < 4.78 is 17.9. The summed E-state index contributed by atoms with van der Waals surface area (Å²) in [7, 11) is 0. The Morgan fingerprint density at radius 1 is 1.29 bits per heavy atom. The van der Waals surface area contributed by atoms with Gasteiger partial charge in [0.2, 0.25) is 17.6 Å². The molecule has 2 aromatic rings. The van der Waals surface area contributed by atoms with Gasteiger partial charge < -0.3 is 9.84 Å². The highest BCUT2D eigenvalue weighted by molar-refractivity contribution is 5.78. The summed E-state index contributed by atoms with van der Waals surface area (Å²) in [4.78, 5) is 16.0. The maximum Gasteiger partial charge on any atom is 0.246 e. The van der Waals surface area contributed by atoms with Gasteiger partial charge in [0.1, 0.15) is 5.82 Å². The SMILES string of the molecule is CCC(CC)C(=O)NCc1nc(-c2ccc(F)cc2)no1. The Kier molecular flexibility index (Phi) is 5.03. The molecule has 1 N–H and O–H groups in total. The predicted octanol–water partition coefficient (Wildman–Crippen LogP) is 2.93. The summed E-state index contributed by atoms with van der Waals surface area (Å²) in [6.07, 6.45) is 1.60. The van der Waals surface area contributed by atoms with Crippen molar-refractivity contribution in [2.75, 3.05) is 0 Å². The molecule has 1 aromatic heterocycles. The summed E-state index contributed by atoms with van der Waals surface area (Å²) in [5.41, 5.74) is 0.665. The van der Waals surface area contributed by atoms with Gasteiger partial charge in [0.15, 0.2) is 0 Å². The topological polar surface area (TPSA) is 68.0 Å². The highest BCUT2D eigenvalue weighted by Crippen LogP contribution is 2.16. The summed E-state index contributed by atoms with van der Waals surface area (Å²) in [6.45, 7) is 4.16. The van der Waals surface area contributed by atoms with Crippen molar-refractivity contribution in [3.8, 4) is 11.4 Å². The summed E-state index contributed by atoms with van der Waals surface area (Å²) >= 11 is 0. The monoisotopic (exact) mass is 291 g/mol. The Morgan fingerprint density at radius 2 is 1.95 bits per heavy atom. The first-order valence-electron chi connectivity index (χ1n) is 7.00. The van der Waals surface area contributed by atoms with E-state index in [-0.39, 0.29) is 24.2 Å². The third-order valence-electron chi connectivity index (χ3n) is 3.34. The molecular weight excluding hydrogens is 273 g/mol. The number of rotatable bonds is 6. The number of aromatic nitrogens is 2. The molecule has 0 bridgehead atoms. The van der Waals surface area contributed by atoms with Crippen LogP contribution in [0.15, 0.2) is 28.8 Å². The highest BCUT2D eigenvalue weighted by atomic mass is 19.1. The first-order chi connectivity index (χ1) is 10.1. The van der Waals surface area contributed by atoms with Crippen molar-refractivity contribution in [1.29, 1.82) is 0 Å². The molecule has 0 aliphatic heterocycles. The maximum absolute atomic E-state index is 12.8. The lowest BCUT2D eigenvalue weighted by atomic mass is 10.0. The van der Waals surface area contributed by atoms with E-state index in [9.17, 15) is 9.18 Å². The van der Waals surface area contributed by atoms with E-state index in [0.29, 0.717) is 17.3 Å². The smallest absolute Gasteiger partial charge is 0.246 e. The third-order valence-corrected chi connectivity index (χ3v) is 3.34. The fourth-order valence-electron chi connectivity index (χ4n) is 2.01. The van der Waals surface area contributed by atoms with Gasteiger partial charge in [-0.3, -0.25) is 4.79 Å². The van der Waals surface area contributed by atoms with Gasteiger partial charge in [-0.1, -0.05) is 19.0 Å². The number of benzene rings is 1. The molecule has 0 saturated heterocycles. The molecule has 0 fully saturated rings. The molecule has 0 atom stereocenters. The van der Waals surface area contributed by atoms with Gasteiger partial charge in [-0.15, -0.1) is 0 Å². The second kappa shape index (κ2) is 6.97. The summed E-state index contributed by atoms with van der Waals surface area (Å²) in [5.74, 6) is 0.376. The molecule has 0 aliphatic rings. The van der Waals surface area contributed by atoms with E-state index < -0.39 is 0 Å². The van der Waals surface area contributed by atoms with E-state index in [2.05, 4.69) is 15.5 Å². The Labute approximate surface area is 122 Å². The average Bonchev–Trinajstić information content (AvgIpc) is 2.96. The van der Waals surface area contributed by atoms with Gasteiger partial charge in [-0.05, 0) is 37.1 Å². The minimum atomic E-state index is -0.320. The van der Waals surface area contributed by atoms with E-state index in [4.69, 9.17) is 4.52 Å². The van der Waals surface area contributed by atoms with Crippen LogP contribution in [-0.2, 0) is 11.3 Å². The van der Waals surface area contributed by atoms with E-state index in [1.165, 1.54) is 12.1 Å². The number of amides is 1. The van der Waals surface area contributed by atoms with Gasteiger partial charge in [0.25, 0.3) is 0 Å². The molecule has 1 aromatic carbocycles. The van der Waals surface area contributed by atoms with E-state index in [0.717, 1.165) is 12.8 Å². The molecule has 0 aliphatic carbocycles. The van der Waals surface area contributed by atoms with Gasteiger partial charge >= 0.3 is 0 Å². The molecule has 0 radical (unpaired) electrons. The molecule has 1 heterocycles. The van der Waals surface area contributed by atoms with Crippen LogP contribution >= 0.6 is 0 Å². The standard InChI is InChI=1S/C15H18FN3O2/c1-3-10(4-2)15(20)17-9-13-18-14(19-21-13)11-5-7-12(16)8-6-11/h5-8,10H,3-4,9H2,1-2H3,(H,17,20). The molecule has 0 spiro atoms. The summed E-state index contributed by atoms with van der Waals surface area (Å²) in [5, 5.41) is 6.60. The number of carbonyl (C=O) groups is 1. The zero-order valence-electron chi connectivity index (χ0n) is 12.1. The molecule has 0 saturated carbocycles. The number of nitrogens with zero attached hydrogens (tertiary/aromatic N) is 2. The summed E-state index contributed by atoms with van der Waals surface area (Å²) in [6, 6.07) is 5.82. The van der Waals surface area contributed by atoms with Crippen molar-refractivity contribution >= 4 is 5.91 Å². The molecular formula is C15H18FN3O2. The van der Waals surface area contributed by atoms with Crippen LogP contribution in [0.1, 0.15) is 32.6 Å². The Balaban J connectivity index is 1.97. The molecule has 21 heavy (non-hydrogen) atoms. The minimum Gasteiger partial charge on any atom is -0.347 e. The number of halogens is 1. The Bertz CT molecular complexity index is 591. The van der Waals surface area contributed by atoms with Crippen LogP contribution in [0.2, 0.25) is 0 Å². The molecule has 0 unspecified atom stereocenters. The quantitative estimate of drug-likeness (QED) is 0.888. The van der Waals surface area contributed by atoms with Crippen LogP contribution in [0.25, 0.3) is 11.4 Å². The van der Waals surface area contributed by atoms with Crippen molar-refractivity contribution in [2.45, 2.75) is 33.2 Å². The van der Waals surface area contributed by atoms with Gasteiger partial charge in [-0.25, -0.2) is 4.39 Å². The van der Waals surface area contributed by atoms with E-state index in [1.807, 2.05) is 13.8 Å². The van der Waals surface area contributed by atoms with Crippen LogP contribution in [0.4, 0.5) is 4.39 Å². The lowest BCUT2D eigenvalue weighted by Gasteiger charge is -2.10. The zero-order valence-corrected chi connectivity index (χ0v) is 12.1. The van der Waals surface area contributed by atoms with Crippen molar-refractivity contribution in [3.05, 3.63) is 36.0 Å². The second-order valence-electron chi connectivity index (χ2n) is 4.75. The Morgan fingerprint density at radius 3 is 2.57 bits per heavy atom. The molecule has 112 valence electrons. The third kappa shape index (κ3) is 3.87. The van der Waals surface area contributed by atoms with E-state index in [1.54, 1.807) is 12.1 Å². The van der Waals surface area contributed by atoms with Gasteiger partial charge in [0, 0.05) is 11.5 Å². The van der Waals surface area contributed by atoms with Crippen LogP contribution in [0.3, 0.4) is 0 Å². The van der Waals surface area contributed by atoms with Crippen LogP contribution in [0.5, 0.6) is 0 Å². The van der Waals surface area contributed by atoms with Crippen LogP contribution in [-0.4, -0.2) is 16.0 Å². The highest BCUT2D eigenvalue weighted by Gasteiger charge is 2.15. The van der Waals surface area contributed by atoms with Crippen molar-refractivity contribution in [1.82, 2.24) is 15.5 Å². The van der Waals surface area contributed by atoms with Crippen LogP contribution < -0.4 is 5.32 Å². The van der Waals surface area contributed by atoms with Gasteiger partial charge in [0.05, 0.1) is 6.54 Å². The number of nitrogens with one attached hydrogen (secondary N) is 1. The predicted molar refractivity (Wildman–Crippen MR) is 75.6 cm³/mol. The lowest BCUT2D eigenvalue weighted by molar-refractivity contribution is -0.125. The number of carbonyl (C=O) groups excluding carboxylic acids is 1. The fraction of sp³-hybridized carbons (Fsp3) is 0.400. The minimum absolute atomic E-state index is 0.00416. The molecule has 1 amide bonds. The Hall–Kier alpha value is -2.24. The van der Waals surface area contributed by atoms with Gasteiger partial charge in [-0.2, -0.15) is 4.98 Å². The number of hydrogen-bond donors (Lipinski definition) is 1. The first-order valence-corrected chi connectivity index (χ1v) is 7.00. The van der Waals surface area contributed by atoms with Crippen LogP contribution in [0, 0.1) is 11.7 Å². The van der Waals surface area contributed by atoms with Crippen molar-refractivity contribution in [2.24, 2.45) is 5.92 Å². The first kappa shape index (κ1) is 15.2.